The third-order valence-electron chi connectivity index (χ3n) is 2.01. The normalized spacial score (nSPS) is 20.9. The Labute approximate surface area is 98.2 Å². The Morgan fingerprint density at radius 1 is 1.33 bits per heavy atom. The summed E-state index contributed by atoms with van der Waals surface area (Å²) in [5.41, 5.74) is 0.723. The zero-order valence-corrected chi connectivity index (χ0v) is 9.41. The molecule has 0 bridgehead atoms. The SMILES string of the molecule is O=C1C(S)C(=S)C=NN1c1ccccc1. The van der Waals surface area contributed by atoms with Crippen LogP contribution < -0.4 is 5.01 Å². The maximum Gasteiger partial charge on any atom is 0.265 e. The van der Waals surface area contributed by atoms with Crippen molar-refractivity contribution in [2.24, 2.45) is 5.10 Å². The molecule has 2 rings (SSSR count). The fraction of sp³-hybridized carbons (Fsp3) is 0.100. The van der Waals surface area contributed by atoms with Crippen LogP contribution in [0.15, 0.2) is 35.4 Å². The van der Waals surface area contributed by atoms with Gasteiger partial charge in [-0.15, -0.1) is 0 Å². The van der Waals surface area contributed by atoms with Crippen molar-refractivity contribution in [3.05, 3.63) is 30.3 Å². The van der Waals surface area contributed by atoms with E-state index >= 15 is 0 Å². The number of thiocarbonyl (C=S) groups is 1. The van der Waals surface area contributed by atoms with E-state index in [1.165, 1.54) is 11.2 Å². The predicted octanol–water partition coefficient (Wildman–Crippen LogP) is 1.69. The highest BCUT2D eigenvalue weighted by atomic mass is 32.1. The number of carbonyl (C=O) groups excluding carboxylic acids is 1. The van der Waals surface area contributed by atoms with Gasteiger partial charge in [-0.05, 0) is 12.1 Å². The first-order chi connectivity index (χ1) is 7.20. The number of thiol groups is 1. The Bertz CT molecular complexity index is 430. The minimum absolute atomic E-state index is 0.211. The summed E-state index contributed by atoms with van der Waals surface area (Å²) in [6, 6.07) is 9.19. The Hall–Kier alpha value is -1.20. The molecule has 0 fully saturated rings. The van der Waals surface area contributed by atoms with Gasteiger partial charge in [-0.3, -0.25) is 4.79 Å². The lowest BCUT2D eigenvalue weighted by molar-refractivity contribution is -0.117. The zero-order valence-electron chi connectivity index (χ0n) is 7.70. The summed E-state index contributed by atoms with van der Waals surface area (Å²) in [6.45, 7) is 0. The Kier molecular flexibility index (Phi) is 2.83. The van der Waals surface area contributed by atoms with Crippen LogP contribution in [0.3, 0.4) is 0 Å². The second-order valence-corrected chi connectivity index (χ2v) is 4.02. The number of hydrogen-bond donors (Lipinski definition) is 1. The molecule has 1 aromatic carbocycles. The number of para-hydroxylation sites is 1. The summed E-state index contributed by atoms with van der Waals surface area (Å²) in [5.74, 6) is -0.211. The number of nitrogens with zero attached hydrogens (tertiary/aromatic N) is 2. The first kappa shape index (κ1) is 10.3. The highest BCUT2D eigenvalue weighted by Crippen LogP contribution is 2.19. The van der Waals surface area contributed by atoms with E-state index in [1.54, 1.807) is 0 Å². The number of benzene rings is 1. The molecule has 1 unspecified atom stereocenters. The van der Waals surface area contributed by atoms with Crippen molar-refractivity contribution in [2.45, 2.75) is 5.25 Å². The van der Waals surface area contributed by atoms with E-state index in [4.69, 9.17) is 12.2 Å². The molecular formula is C10H8N2OS2. The monoisotopic (exact) mass is 236 g/mol. The van der Waals surface area contributed by atoms with Crippen LogP contribution in [0.5, 0.6) is 0 Å². The highest BCUT2D eigenvalue weighted by Gasteiger charge is 2.28. The first-order valence-electron chi connectivity index (χ1n) is 4.35. The van der Waals surface area contributed by atoms with Crippen molar-refractivity contribution < 1.29 is 4.79 Å². The molecule has 76 valence electrons. The van der Waals surface area contributed by atoms with Gasteiger partial charge in [0.05, 0.1) is 16.8 Å². The van der Waals surface area contributed by atoms with E-state index in [0.29, 0.717) is 4.86 Å². The van der Waals surface area contributed by atoms with Gasteiger partial charge in [0.15, 0.2) is 0 Å². The van der Waals surface area contributed by atoms with Gasteiger partial charge in [-0.1, -0.05) is 30.4 Å². The summed E-state index contributed by atoms with van der Waals surface area (Å²) in [5, 5.41) is 4.72. The number of hydrazone groups is 1. The lowest BCUT2D eigenvalue weighted by Crippen LogP contribution is -2.41. The summed E-state index contributed by atoms with van der Waals surface area (Å²) in [4.78, 5) is 12.2. The molecule has 0 radical (unpaired) electrons. The molecule has 15 heavy (non-hydrogen) atoms. The molecule has 1 aliphatic rings. The molecule has 1 atom stereocenters. The topological polar surface area (TPSA) is 32.7 Å². The van der Waals surface area contributed by atoms with Crippen LogP contribution in [0, 0.1) is 0 Å². The first-order valence-corrected chi connectivity index (χ1v) is 5.27. The number of anilines is 1. The third-order valence-corrected chi connectivity index (χ3v) is 3.03. The van der Waals surface area contributed by atoms with E-state index < -0.39 is 5.25 Å². The molecule has 1 amide bonds. The van der Waals surface area contributed by atoms with Crippen LogP contribution in [-0.4, -0.2) is 22.2 Å². The van der Waals surface area contributed by atoms with Gasteiger partial charge in [0, 0.05) is 0 Å². The van der Waals surface area contributed by atoms with E-state index in [9.17, 15) is 4.79 Å². The molecule has 0 aliphatic carbocycles. The Balaban J connectivity index is 2.36. The largest absolute Gasteiger partial charge is 0.271 e. The zero-order chi connectivity index (χ0) is 10.8. The lowest BCUT2D eigenvalue weighted by atomic mass is 10.2. The van der Waals surface area contributed by atoms with Gasteiger partial charge >= 0.3 is 0 Å². The van der Waals surface area contributed by atoms with Gasteiger partial charge in [0.2, 0.25) is 0 Å². The van der Waals surface area contributed by atoms with Gasteiger partial charge in [-0.2, -0.15) is 22.7 Å². The maximum atomic E-state index is 11.8. The fourth-order valence-corrected chi connectivity index (χ4v) is 1.57. The van der Waals surface area contributed by atoms with Gasteiger partial charge in [0.25, 0.3) is 5.91 Å². The quantitative estimate of drug-likeness (QED) is 0.594. The highest BCUT2D eigenvalue weighted by molar-refractivity contribution is 7.88. The molecule has 1 heterocycles. The number of rotatable bonds is 1. The second kappa shape index (κ2) is 4.12. The van der Waals surface area contributed by atoms with Crippen molar-refractivity contribution in [1.82, 2.24) is 0 Å². The van der Waals surface area contributed by atoms with Crippen molar-refractivity contribution in [3.63, 3.8) is 0 Å². The van der Waals surface area contributed by atoms with Crippen LogP contribution in [0.2, 0.25) is 0 Å². The average Bonchev–Trinajstić information content (AvgIpc) is 2.27. The number of carbonyl (C=O) groups is 1. The minimum Gasteiger partial charge on any atom is -0.271 e. The smallest absolute Gasteiger partial charge is 0.265 e. The van der Waals surface area contributed by atoms with Crippen LogP contribution in [0.4, 0.5) is 5.69 Å². The summed E-state index contributed by atoms with van der Waals surface area (Å²) in [7, 11) is 0. The predicted molar refractivity (Wildman–Crippen MR) is 67.8 cm³/mol. The maximum absolute atomic E-state index is 11.8. The van der Waals surface area contributed by atoms with Gasteiger partial charge in [-0.25, -0.2) is 0 Å². The van der Waals surface area contributed by atoms with E-state index in [2.05, 4.69) is 17.7 Å². The molecular weight excluding hydrogens is 228 g/mol. The van der Waals surface area contributed by atoms with Crippen molar-refractivity contribution in [2.75, 3.05) is 5.01 Å². The molecule has 1 aliphatic heterocycles. The standard InChI is InChI=1S/C10H8N2OS2/c13-10-9(15)8(14)6-11-12(10)7-4-2-1-3-5-7/h1-6,9,15H. The molecule has 5 heteroatoms. The molecule has 0 aromatic heterocycles. The van der Waals surface area contributed by atoms with E-state index in [0.717, 1.165) is 5.69 Å². The molecule has 3 nitrogen and oxygen atoms in total. The Morgan fingerprint density at radius 3 is 2.67 bits per heavy atom. The van der Waals surface area contributed by atoms with Gasteiger partial charge in [0.1, 0.15) is 5.25 Å². The molecule has 0 saturated heterocycles. The van der Waals surface area contributed by atoms with E-state index in [1.807, 2.05) is 30.3 Å². The summed E-state index contributed by atoms with van der Waals surface area (Å²) < 4.78 is 0. The molecule has 0 saturated carbocycles. The summed E-state index contributed by atoms with van der Waals surface area (Å²) >= 11 is 9.07. The van der Waals surface area contributed by atoms with Crippen LogP contribution in [0.25, 0.3) is 0 Å². The minimum atomic E-state index is -0.572. The van der Waals surface area contributed by atoms with Crippen LogP contribution in [0.1, 0.15) is 0 Å². The second-order valence-electron chi connectivity index (χ2n) is 3.04. The molecule has 0 spiro atoms. The lowest BCUT2D eigenvalue weighted by Gasteiger charge is -2.23. The number of hydrogen-bond acceptors (Lipinski definition) is 4. The van der Waals surface area contributed by atoms with Crippen LogP contribution in [-0.2, 0) is 4.79 Å². The third kappa shape index (κ3) is 1.93. The van der Waals surface area contributed by atoms with Crippen molar-refractivity contribution in [3.8, 4) is 0 Å². The van der Waals surface area contributed by atoms with Gasteiger partial charge < -0.3 is 0 Å². The molecule has 0 N–H and O–H groups in total. The van der Waals surface area contributed by atoms with Crippen molar-refractivity contribution in [1.29, 1.82) is 0 Å². The Morgan fingerprint density at radius 2 is 2.00 bits per heavy atom. The number of amides is 1. The fourth-order valence-electron chi connectivity index (χ4n) is 1.24. The van der Waals surface area contributed by atoms with Crippen molar-refractivity contribution >= 4 is 47.5 Å². The molecule has 1 aromatic rings. The van der Waals surface area contributed by atoms with Crippen LogP contribution >= 0.6 is 24.8 Å². The average molecular weight is 236 g/mol. The van der Waals surface area contributed by atoms with E-state index in [-0.39, 0.29) is 5.91 Å². The summed E-state index contributed by atoms with van der Waals surface area (Å²) in [6.07, 6.45) is 1.49.